The number of rotatable bonds is 1. The Balaban J connectivity index is 2.41. The van der Waals surface area contributed by atoms with Crippen LogP contribution in [-0.2, 0) is 0 Å². The fourth-order valence-corrected chi connectivity index (χ4v) is 0.972. The fourth-order valence-electron chi connectivity index (χ4n) is 0.972. The molecule has 0 aliphatic heterocycles. The first-order valence-corrected chi connectivity index (χ1v) is 3.85. The van der Waals surface area contributed by atoms with Crippen molar-refractivity contribution in [1.82, 2.24) is 19.7 Å². The molecule has 0 radical (unpaired) electrons. The van der Waals surface area contributed by atoms with E-state index >= 15 is 0 Å². The van der Waals surface area contributed by atoms with Crippen molar-refractivity contribution in [1.29, 1.82) is 0 Å². The lowest BCUT2D eigenvalue weighted by Gasteiger charge is -1.97. The zero-order valence-corrected chi connectivity index (χ0v) is 7.18. The molecule has 2 aromatic heterocycles. The van der Waals surface area contributed by atoms with E-state index in [-0.39, 0.29) is 0 Å². The van der Waals surface area contributed by atoms with Crippen LogP contribution in [0.3, 0.4) is 0 Å². The maximum absolute atomic E-state index is 5.46. The predicted molar refractivity (Wildman–Crippen MR) is 48.3 cm³/mol. The number of nitrogens with zero attached hydrogens (tertiary/aromatic N) is 4. The van der Waals surface area contributed by atoms with Crippen molar-refractivity contribution in [3.05, 3.63) is 30.4 Å². The maximum atomic E-state index is 5.46. The second-order valence-electron chi connectivity index (χ2n) is 2.78. The summed E-state index contributed by atoms with van der Waals surface area (Å²) in [6.45, 7) is 1.96. The molecule has 0 aromatic carbocycles. The number of hydrogen-bond acceptors (Lipinski definition) is 4. The standard InChI is InChI=1S/C8H9N5/c1-6-2-12-13(5-6)8-10-3-7(9)4-11-8/h2-5H,9H2,1H3. The molecule has 0 unspecified atom stereocenters. The van der Waals surface area contributed by atoms with Gasteiger partial charge in [-0.3, -0.25) is 0 Å². The van der Waals surface area contributed by atoms with Crippen LogP contribution in [-0.4, -0.2) is 19.7 Å². The summed E-state index contributed by atoms with van der Waals surface area (Å²) >= 11 is 0. The fraction of sp³-hybridized carbons (Fsp3) is 0.125. The lowest BCUT2D eigenvalue weighted by molar-refractivity contribution is 0.808. The van der Waals surface area contributed by atoms with E-state index in [0.29, 0.717) is 11.6 Å². The molecule has 0 bridgehead atoms. The molecule has 0 saturated carbocycles. The highest BCUT2D eigenvalue weighted by molar-refractivity contribution is 5.32. The van der Waals surface area contributed by atoms with Gasteiger partial charge < -0.3 is 5.73 Å². The summed E-state index contributed by atoms with van der Waals surface area (Å²) in [5, 5.41) is 4.07. The van der Waals surface area contributed by atoms with Gasteiger partial charge in [0.2, 0.25) is 0 Å². The van der Waals surface area contributed by atoms with Crippen LogP contribution in [0.25, 0.3) is 5.95 Å². The van der Waals surface area contributed by atoms with E-state index in [1.165, 1.54) is 0 Å². The molecule has 0 aliphatic rings. The molecule has 13 heavy (non-hydrogen) atoms. The Morgan fingerprint density at radius 1 is 1.23 bits per heavy atom. The van der Waals surface area contributed by atoms with E-state index in [1.54, 1.807) is 23.3 Å². The number of anilines is 1. The van der Waals surface area contributed by atoms with Crippen LogP contribution < -0.4 is 5.73 Å². The number of nitrogen functional groups attached to an aromatic ring is 1. The minimum atomic E-state index is 0.530. The van der Waals surface area contributed by atoms with Gasteiger partial charge in [0.05, 0.1) is 24.3 Å². The van der Waals surface area contributed by atoms with E-state index in [9.17, 15) is 0 Å². The molecule has 0 amide bonds. The van der Waals surface area contributed by atoms with Crippen molar-refractivity contribution in [3.63, 3.8) is 0 Å². The number of hydrogen-bond donors (Lipinski definition) is 1. The average Bonchev–Trinajstić information content (AvgIpc) is 2.53. The Labute approximate surface area is 75.2 Å². The normalized spacial score (nSPS) is 10.2. The minimum Gasteiger partial charge on any atom is -0.396 e. The van der Waals surface area contributed by atoms with Crippen molar-refractivity contribution in [3.8, 4) is 5.95 Å². The highest BCUT2D eigenvalue weighted by Crippen LogP contribution is 2.02. The third-order valence-corrected chi connectivity index (χ3v) is 1.57. The molecule has 0 saturated heterocycles. The van der Waals surface area contributed by atoms with Gasteiger partial charge in [0.25, 0.3) is 5.95 Å². The smallest absolute Gasteiger partial charge is 0.250 e. The van der Waals surface area contributed by atoms with E-state index < -0.39 is 0 Å². The summed E-state index contributed by atoms with van der Waals surface area (Å²) in [6, 6.07) is 0. The van der Waals surface area contributed by atoms with Crippen molar-refractivity contribution in [2.75, 3.05) is 5.73 Å². The first kappa shape index (κ1) is 7.72. The van der Waals surface area contributed by atoms with Gasteiger partial charge in [0.15, 0.2) is 0 Å². The molecule has 5 nitrogen and oxygen atoms in total. The van der Waals surface area contributed by atoms with Crippen molar-refractivity contribution in [2.24, 2.45) is 0 Å². The van der Waals surface area contributed by atoms with Gasteiger partial charge in [-0.25, -0.2) is 14.6 Å². The Morgan fingerprint density at radius 2 is 1.92 bits per heavy atom. The van der Waals surface area contributed by atoms with Crippen LogP contribution in [0.2, 0.25) is 0 Å². The highest BCUT2D eigenvalue weighted by Gasteiger charge is 1.99. The Morgan fingerprint density at radius 3 is 2.46 bits per heavy atom. The van der Waals surface area contributed by atoms with Crippen LogP contribution in [0.1, 0.15) is 5.56 Å². The molecule has 2 heterocycles. The van der Waals surface area contributed by atoms with Crippen LogP contribution in [0, 0.1) is 6.92 Å². The third-order valence-electron chi connectivity index (χ3n) is 1.57. The Kier molecular flexibility index (Phi) is 1.70. The first-order valence-electron chi connectivity index (χ1n) is 3.85. The summed E-state index contributed by atoms with van der Waals surface area (Å²) in [6.07, 6.45) is 6.71. The van der Waals surface area contributed by atoms with E-state index in [0.717, 1.165) is 5.56 Å². The van der Waals surface area contributed by atoms with Crippen molar-refractivity contribution >= 4 is 5.69 Å². The molecule has 2 aromatic rings. The second-order valence-corrected chi connectivity index (χ2v) is 2.78. The van der Waals surface area contributed by atoms with Gasteiger partial charge in [-0.15, -0.1) is 0 Å². The Bertz CT molecular complexity index is 403. The number of nitrogens with two attached hydrogens (primary N) is 1. The van der Waals surface area contributed by atoms with Gasteiger partial charge >= 0.3 is 0 Å². The van der Waals surface area contributed by atoms with Crippen LogP contribution >= 0.6 is 0 Å². The number of aryl methyl sites for hydroxylation is 1. The quantitative estimate of drug-likeness (QED) is 0.687. The molecule has 2 N–H and O–H groups in total. The van der Waals surface area contributed by atoms with Gasteiger partial charge in [0, 0.05) is 6.20 Å². The maximum Gasteiger partial charge on any atom is 0.250 e. The molecule has 5 heteroatoms. The topological polar surface area (TPSA) is 69.6 Å². The van der Waals surface area contributed by atoms with Gasteiger partial charge in [-0.1, -0.05) is 0 Å². The SMILES string of the molecule is Cc1cnn(-c2ncc(N)cn2)c1. The summed E-state index contributed by atoms with van der Waals surface area (Å²) in [5.41, 5.74) is 7.07. The highest BCUT2D eigenvalue weighted by atomic mass is 15.3. The largest absolute Gasteiger partial charge is 0.396 e. The lowest BCUT2D eigenvalue weighted by Crippen LogP contribution is -2.01. The summed E-state index contributed by atoms with van der Waals surface area (Å²) in [5.74, 6) is 0.530. The van der Waals surface area contributed by atoms with Crippen molar-refractivity contribution < 1.29 is 0 Å². The minimum absolute atomic E-state index is 0.530. The second kappa shape index (κ2) is 2.85. The van der Waals surface area contributed by atoms with Crippen LogP contribution in [0.5, 0.6) is 0 Å². The van der Waals surface area contributed by atoms with Crippen LogP contribution in [0.15, 0.2) is 24.8 Å². The molecule has 0 aliphatic carbocycles. The zero-order valence-electron chi connectivity index (χ0n) is 7.18. The third kappa shape index (κ3) is 1.48. The zero-order chi connectivity index (χ0) is 9.26. The van der Waals surface area contributed by atoms with Gasteiger partial charge in [-0.05, 0) is 12.5 Å². The molecule has 0 atom stereocenters. The predicted octanol–water partition coefficient (Wildman–Crippen LogP) is 0.553. The summed E-state index contributed by atoms with van der Waals surface area (Å²) < 4.78 is 1.61. The van der Waals surface area contributed by atoms with Gasteiger partial charge in [0.1, 0.15) is 0 Å². The van der Waals surface area contributed by atoms with Crippen LogP contribution in [0.4, 0.5) is 5.69 Å². The van der Waals surface area contributed by atoms with E-state index in [1.807, 2.05) is 13.1 Å². The number of aromatic nitrogens is 4. The molecular formula is C8H9N5. The summed E-state index contributed by atoms with van der Waals surface area (Å²) in [7, 11) is 0. The molecular weight excluding hydrogens is 166 g/mol. The average molecular weight is 175 g/mol. The molecule has 66 valence electrons. The summed E-state index contributed by atoms with van der Waals surface area (Å²) in [4.78, 5) is 8.05. The Hall–Kier alpha value is -1.91. The van der Waals surface area contributed by atoms with E-state index in [2.05, 4.69) is 15.1 Å². The first-order chi connectivity index (χ1) is 6.25. The monoisotopic (exact) mass is 175 g/mol. The molecule has 0 fully saturated rings. The van der Waals surface area contributed by atoms with E-state index in [4.69, 9.17) is 5.73 Å². The lowest BCUT2D eigenvalue weighted by atomic mass is 10.4. The van der Waals surface area contributed by atoms with Crippen molar-refractivity contribution in [2.45, 2.75) is 6.92 Å². The molecule has 2 rings (SSSR count). The molecule has 0 spiro atoms. The van der Waals surface area contributed by atoms with Gasteiger partial charge in [-0.2, -0.15) is 5.10 Å².